The molecule has 2 N–H and O–H groups in total. The average molecular weight is 488 g/mol. The minimum Gasteiger partial charge on any atom is -0.614 e. The van der Waals surface area contributed by atoms with Gasteiger partial charge in [-0.2, -0.15) is 0 Å². The molecule has 1 fully saturated rings. The SMILES string of the molecule is O=C(Cc1cccs1)NC1C(=O)N2C(C(=O)OCC(Cl)(Cl)Cl)=C(O)C[S+]([O-])[C@@H]12. The Bertz CT molecular complexity index is 826. The first kappa shape index (κ1) is 21.5. The molecule has 2 aliphatic heterocycles. The number of nitrogens with one attached hydrogen (secondary N) is 1. The van der Waals surface area contributed by atoms with Crippen LogP contribution in [-0.4, -0.2) is 59.9 Å². The molecule has 3 rings (SSSR count). The number of thiophene rings is 1. The van der Waals surface area contributed by atoms with Crippen LogP contribution in [0.15, 0.2) is 29.0 Å². The van der Waals surface area contributed by atoms with Crippen molar-refractivity contribution in [3.63, 3.8) is 0 Å². The topological polar surface area (TPSA) is 119 Å². The zero-order valence-electron chi connectivity index (χ0n) is 13.9. The molecule has 8 nitrogen and oxygen atoms in total. The third kappa shape index (κ3) is 4.52. The van der Waals surface area contributed by atoms with Crippen LogP contribution < -0.4 is 5.32 Å². The van der Waals surface area contributed by atoms with E-state index >= 15 is 0 Å². The van der Waals surface area contributed by atoms with Crippen LogP contribution >= 0.6 is 46.1 Å². The molecule has 1 saturated heterocycles. The fraction of sp³-hybridized carbons (Fsp3) is 0.400. The van der Waals surface area contributed by atoms with Crippen LogP contribution in [0.2, 0.25) is 0 Å². The van der Waals surface area contributed by atoms with Gasteiger partial charge in [0, 0.05) is 4.88 Å². The fourth-order valence-corrected chi connectivity index (χ4v) is 5.14. The molecule has 28 heavy (non-hydrogen) atoms. The maximum absolute atomic E-state index is 12.5. The van der Waals surface area contributed by atoms with Crippen molar-refractivity contribution in [3.8, 4) is 0 Å². The second kappa shape index (κ2) is 8.29. The van der Waals surface area contributed by atoms with Crippen molar-refractivity contribution in [2.24, 2.45) is 0 Å². The molecular weight excluding hydrogens is 475 g/mol. The van der Waals surface area contributed by atoms with E-state index in [0.29, 0.717) is 0 Å². The number of amides is 2. The molecule has 2 aliphatic rings. The van der Waals surface area contributed by atoms with Crippen LogP contribution in [0, 0.1) is 0 Å². The molecule has 2 unspecified atom stereocenters. The lowest BCUT2D eigenvalue weighted by atomic mass is 10.0. The number of carbonyl (C=O) groups is 3. The van der Waals surface area contributed by atoms with Crippen molar-refractivity contribution in [3.05, 3.63) is 33.8 Å². The summed E-state index contributed by atoms with van der Waals surface area (Å²) < 4.78 is 15.3. The number of fused-ring (bicyclic) bond motifs is 1. The summed E-state index contributed by atoms with van der Waals surface area (Å²) in [5.74, 6) is -3.14. The summed E-state index contributed by atoms with van der Waals surface area (Å²) in [4.78, 5) is 38.6. The van der Waals surface area contributed by atoms with Crippen LogP contribution in [0.25, 0.3) is 0 Å². The summed E-state index contributed by atoms with van der Waals surface area (Å²) in [6, 6.07) is 2.50. The van der Waals surface area contributed by atoms with Crippen molar-refractivity contribution >= 4 is 75.1 Å². The Morgan fingerprint density at radius 3 is 2.79 bits per heavy atom. The summed E-state index contributed by atoms with van der Waals surface area (Å²) >= 11 is 16.2. The van der Waals surface area contributed by atoms with Crippen LogP contribution in [0.1, 0.15) is 4.88 Å². The summed E-state index contributed by atoms with van der Waals surface area (Å²) in [6.45, 7) is -0.607. The summed E-state index contributed by atoms with van der Waals surface area (Å²) in [5, 5.41) is 13.4. The number of hydrogen-bond acceptors (Lipinski definition) is 7. The molecule has 0 bridgehead atoms. The minimum atomic E-state index is -1.88. The summed E-state index contributed by atoms with van der Waals surface area (Å²) in [5.41, 5.74) is -0.465. The number of halogens is 3. The first-order valence-electron chi connectivity index (χ1n) is 7.76. The number of carbonyl (C=O) groups excluding carboxylic acids is 3. The standard InChI is InChI=1S/C15H13Cl3N2O6S2/c16-15(17,18)6-26-14(24)11-8(21)5-28(25)13-10(12(23)20(11)13)19-9(22)4-7-2-1-3-27-7/h1-3,10,13,21H,4-6H2,(H,19,22)/t10?,13-,28?/m0/s1. The molecule has 13 heteroatoms. The number of nitrogens with zero attached hydrogens (tertiary/aromatic N) is 1. The number of aliphatic hydroxyl groups excluding tert-OH is 1. The molecule has 0 aromatic carbocycles. The highest BCUT2D eigenvalue weighted by molar-refractivity contribution is 7.92. The molecule has 1 aromatic rings. The monoisotopic (exact) mass is 486 g/mol. The van der Waals surface area contributed by atoms with Gasteiger partial charge in [-0.05, 0) is 22.6 Å². The number of hydrogen-bond donors (Lipinski definition) is 2. The van der Waals surface area contributed by atoms with E-state index in [2.05, 4.69) is 5.32 Å². The Hall–Kier alpha value is -1.17. The van der Waals surface area contributed by atoms with Crippen molar-refractivity contribution in [2.75, 3.05) is 12.4 Å². The van der Waals surface area contributed by atoms with Crippen LogP contribution in [0.3, 0.4) is 0 Å². The second-order valence-corrected chi connectivity index (χ2v) is 11.0. The maximum atomic E-state index is 12.5. The maximum Gasteiger partial charge on any atom is 0.359 e. The van der Waals surface area contributed by atoms with Gasteiger partial charge >= 0.3 is 5.97 Å². The van der Waals surface area contributed by atoms with Gasteiger partial charge in [0.25, 0.3) is 5.91 Å². The highest BCUT2D eigenvalue weighted by Gasteiger charge is 2.61. The number of β-lactam (4-membered cyclic amide) rings is 1. The van der Waals surface area contributed by atoms with E-state index in [1.54, 1.807) is 12.1 Å². The summed E-state index contributed by atoms with van der Waals surface area (Å²) in [6.07, 6.45) is 0.0695. The Morgan fingerprint density at radius 2 is 2.18 bits per heavy atom. The third-order valence-electron chi connectivity index (χ3n) is 3.90. The minimum absolute atomic E-state index is 0.0695. The van der Waals surface area contributed by atoms with Crippen LogP contribution in [-0.2, 0) is 36.7 Å². The van der Waals surface area contributed by atoms with Gasteiger partial charge in [-0.1, -0.05) is 40.9 Å². The normalized spacial score (nSPS) is 24.5. The summed E-state index contributed by atoms with van der Waals surface area (Å²) in [7, 11) is 0. The van der Waals surface area contributed by atoms with Crippen LogP contribution in [0.5, 0.6) is 0 Å². The van der Waals surface area contributed by atoms with Gasteiger partial charge in [0.15, 0.2) is 23.3 Å². The molecular formula is C15H13Cl3N2O6S2. The second-order valence-electron chi connectivity index (χ2n) is 5.91. The van der Waals surface area contributed by atoms with Gasteiger partial charge in [0.1, 0.15) is 6.61 Å². The molecule has 3 atom stereocenters. The van der Waals surface area contributed by atoms with E-state index in [1.807, 2.05) is 5.38 Å². The third-order valence-corrected chi connectivity index (χ3v) is 6.68. The number of rotatable bonds is 5. The van der Waals surface area contributed by atoms with E-state index < -0.39 is 62.2 Å². The quantitative estimate of drug-likeness (QED) is 0.280. The molecule has 152 valence electrons. The van der Waals surface area contributed by atoms with Crippen molar-refractivity contribution in [2.45, 2.75) is 21.6 Å². The Kier molecular flexibility index (Phi) is 6.38. The van der Waals surface area contributed by atoms with Gasteiger partial charge < -0.3 is 19.7 Å². The number of ether oxygens (including phenoxy) is 1. The largest absolute Gasteiger partial charge is 0.614 e. The Labute approximate surface area is 181 Å². The van der Waals surface area contributed by atoms with Gasteiger partial charge in [-0.3, -0.25) is 14.5 Å². The molecule has 0 saturated carbocycles. The number of esters is 1. The Balaban J connectivity index is 1.70. The lowest BCUT2D eigenvalue weighted by Gasteiger charge is -2.48. The highest BCUT2D eigenvalue weighted by atomic mass is 35.6. The highest BCUT2D eigenvalue weighted by Crippen LogP contribution is 2.37. The van der Waals surface area contributed by atoms with Gasteiger partial charge in [-0.15, -0.1) is 11.3 Å². The lowest BCUT2D eigenvalue weighted by molar-refractivity contribution is -0.153. The predicted octanol–water partition coefficient (Wildman–Crippen LogP) is 1.39. The molecule has 0 spiro atoms. The van der Waals surface area contributed by atoms with Gasteiger partial charge in [0.05, 0.1) is 6.42 Å². The van der Waals surface area contributed by atoms with Crippen molar-refractivity contribution in [1.82, 2.24) is 10.2 Å². The zero-order valence-corrected chi connectivity index (χ0v) is 17.8. The van der Waals surface area contributed by atoms with E-state index in [0.717, 1.165) is 9.78 Å². The number of aliphatic hydroxyl groups is 1. The fourth-order valence-electron chi connectivity index (χ4n) is 2.76. The molecule has 0 radical (unpaired) electrons. The van der Waals surface area contributed by atoms with E-state index in [1.165, 1.54) is 11.3 Å². The lowest BCUT2D eigenvalue weighted by Crippen LogP contribution is -2.75. The zero-order chi connectivity index (χ0) is 20.6. The van der Waals surface area contributed by atoms with Crippen molar-refractivity contribution in [1.29, 1.82) is 0 Å². The smallest absolute Gasteiger partial charge is 0.359 e. The predicted molar refractivity (Wildman–Crippen MR) is 105 cm³/mol. The molecule has 1 aromatic heterocycles. The average Bonchev–Trinajstić information content (AvgIpc) is 3.09. The van der Waals surface area contributed by atoms with Gasteiger partial charge in [0.2, 0.25) is 15.1 Å². The first-order valence-corrected chi connectivity index (χ1v) is 11.2. The van der Waals surface area contributed by atoms with Gasteiger partial charge in [-0.25, -0.2) is 4.79 Å². The van der Waals surface area contributed by atoms with Crippen molar-refractivity contribution < 1.29 is 28.8 Å². The molecule has 0 aliphatic carbocycles. The van der Waals surface area contributed by atoms with E-state index in [-0.39, 0.29) is 12.2 Å². The first-order chi connectivity index (χ1) is 13.1. The molecule has 3 heterocycles. The van der Waals surface area contributed by atoms with E-state index in [4.69, 9.17) is 39.5 Å². The van der Waals surface area contributed by atoms with E-state index in [9.17, 15) is 24.0 Å². The Morgan fingerprint density at radius 1 is 1.46 bits per heavy atom. The molecule has 2 amide bonds. The van der Waals surface area contributed by atoms with Crippen LogP contribution in [0.4, 0.5) is 0 Å². The number of alkyl halides is 3.